The minimum atomic E-state index is -0.258. The Labute approximate surface area is 79.1 Å². The van der Waals surface area contributed by atoms with Crippen molar-refractivity contribution in [1.82, 2.24) is 9.97 Å². The number of aromatic hydroxyl groups is 1. The van der Waals surface area contributed by atoms with Crippen molar-refractivity contribution in [3.8, 4) is 6.01 Å². The van der Waals surface area contributed by atoms with Crippen molar-refractivity contribution in [2.75, 3.05) is 5.73 Å². The van der Waals surface area contributed by atoms with E-state index in [0.717, 1.165) is 20.7 Å². The maximum Gasteiger partial charge on any atom is 0.317 e. The summed E-state index contributed by atoms with van der Waals surface area (Å²) in [4.78, 5) is 9.51. The van der Waals surface area contributed by atoms with Crippen molar-refractivity contribution in [2.24, 2.45) is 0 Å². The van der Waals surface area contributed by atoms with Gasteiger partial charge in [0, 0.05) is 4.88 Å². The Hall–Kier alpha value is -1.36. The lowest BCUT2D eigenvalue weighted by atomic mass is 10.2. The molecule has 0 bridgehead atoms. The highest BCUT2D eigenvalue weighted by Crippen LogP contribution is 2.32. The molecule has 0 aliphatic heterocycles. The van der Waals surface area contributed by atoms with Gasteiger partial charge in [-0.2, -0.15) is 9.97 Å². The number of hydrogen-bond acceptors (Lipinski definition) is 5. The van der Waals surface area contributed by atoms with E-state index < -0.39 is 0 Å². The largest absolute Gasteiger partial charge is 0.479 e. The summed E-state index contributed by atoms with van der Waals surface area (Å²) in [6.45, 7) is 3.98. The molecular formula is C8H9N3OS. The van der Waals surface area contributed by atoms with Crippen LogP contribution in [0.1, 0.15) is 10.4 Å². The Morgan fingerprint density at radius 1 is 1.31 bits per heavy atom. The average molecular weight is 195 g/mol. The maximum absolute atomic E-state index is 9.12. The quantitative estimate of drug-likeness (QED) is 0.669. The normalized spacial score (nSPS) is 10.9. The minimum Gasteiger partial charge on any atom is -0.479 e. The molecule has 0 spiro atoms. The molecule has 2 rings (SSSR count). The summed E-state index contributed by atoms with van der Waals surface area (Å²) in [6, 6.07) is -0.258. The summed E-state index contributed by atoms with van der Waals surface area (Å²) >= 11 is 1.52. The summed E-state index contributed by atoms with van der Waals surface area (Å²) < 4.78 is 0. The second-order valence-corrected chi connectivity index (χ2v) is 4.08. The lowest BCUT2D eigenvalue weighted by molar-refractivity contribution is 0.434. The monoisotopic (exact) mass is 195 g/mol. The molecule has 5 heteroatoms. The van der Waals surface area contributed by atoms with Crippen LogP contribution >= 0.6 is 11.3 Å². The van der Waals surface area contributed by atoms with Crippen molar-refractivity contribution in [2.45, 2.75) is 13.8 Å². The van der Waals surface area contributed by atoms with Crippen molar-refractivity contribution < 1.29 is 5.11 Å². The number of aryl methyl sites for hydroxylation is 2. The van der Waals surface area contributed by atoms with Crippen LogP contribution in [0.2, 0.25) is 0 Å². The molecule has 2 aromatic rings. The van der Waals surface area contributed by atoms with E-state index in [1.807, 2.05) is 13.8 Å². The third-order valence-electron chi connectivity index (χ3n) is 2.04. The predicted molar refractivity (Wildman–Crippen MR) is 53.0 cm³/mol. The Kier molecular flexibility index (Phi) is 1.63. The van der Waals surface area contributed by atoms with E-state index >= 15 is 0 Å². The molecule has 13 heavy (non-hydrogen) atoms. The molecular weight excluding hydrogens is 186 g/mol. The fourth-order valence-electron chi connectivity index (χ4n) is 1.27. The highest BCUT2D eigenvalue weighted by molar-refractivity contribution is 7.18. The van der Waals surface area contributed by atoms with Crippen LogP contribution in [0.3, 0.4) is 0 Å². The topological polar surface area (TPSA) is 72.0 Å². The molecule has 0 aliphatic carbocycles. The Morgan fingerprint density at radius 3 is 2.69 bits per heavy atom. The van der Waals surface area contributed by atoms with Crippen molar-refractivity contribution in [1.29, 1.82) is 0 Å². The zero-order chi connectivity index (χ0) is 9.59. The molecule has 0 radical (unpaired) electrons. The molecule has 3 N–H and O–H groups in total. The number of fused-ring (bicyclic) bond motifs is 1. The van der Waals surface area contributed by atoms with Crippen molar-refractivity contribution >= 4 is 27.4 Å². The molecule has 2 heterocycles. The van der Waals surface area contributed by atoms with Crippen LogP contribution in [-0.2, 0) is 0 Å². The first kappa shape index (κ1) is 8.25. The Morgan fingerprint density at radius 2 is 2.00 bits per heavy atom. The third kappa shape index (κ3) is 1.12. The van der Waals surface area contributed by atoms with Crippen molar-refractivity contribution in [3.63, 3.8) is 0 Å². The fourth-order valence-corrected chi connectivity index (χ4v) is 2.30. The number of hydrogen-bond donors (Lipinski definition) is 2. The summed E-state index contributed by atoms with van der Waals surface area (Å²) in [5.41, 5.74) is 6.76. The molecule has 0 atom stereocenters. The van der Waals surface area contributed by atoms with E-state index in [0.29, 0.717) is 5.82 Å². The average Bonchev–Trinajstić information content (AvgIpc) is 2.27. The van der Waals surface area contributed by atoms with E-state index in [9.17, 15) is 0 Å². The van der Waals surface area contributed by atoms with E-state index in [1.165, 1.54) is 11.3 Å². The van der Waals surface area contributed by atoms with Gasteiger partial charge in [-0.3, -0.25) is 0 Å². The number of nitrogen functional groups attached to an aromatic ring is 1. The highest BCUT2D eigenvalue weighted by atomic mass is 32.1. The smallest absolute Gasteiger partial charge is 0.317 e. The number of rotatable bonds is 0. The molecule has 0 fully saturated rings. The first-order chi connectivity index (χ1) is 6.09. The van der Waals surface area contributed by atoms with Gasteiger partial charge in [0.15, 0.2) is 0 Å². The third-order valence-corrected chi connectivity index (χ3v) is 3.15. The summed E-state index contributed by atoms with van der Waals surface area (Å²) in [5.74, 6) is 0.351. The Balaban J connectivity index is 2.94. The first-order valence-electron chi connectivity index (χ1n) is 3.81. The minimum absolute atomic E-state index is 0.258. The molecule has 4 nitrogen and oxygen atoms in total. The van der Waals surface area contributed by atoms with E-state index in [4.69, 9.17) is 10.8 Å². The Bertz CT molecular complexity index is 478. The highest BCUT2D eigenvalue weighted by Gasteiger charge is 2.11. The van der Waals surface area contributed by atoms with Crippen molar-refractivity contribution in [3.05, 3.63) is 10.4 Å². The first-order valence-corrected chi connectivity index (χ1v) is 4.63. The molecule has 0 unspecified atom stereocenters. The lowest BCUT2D eigenvalue weighted by Gasteiger charge is -1.96. The SMILES string of the molecule is Cc1sc2nc(O)nc(N)c2c1C. The van der Waals surface area contributed by atoms with Gasteiger partial charge in [0.05, 0.1) is 5.39 Å². The van der Waals surface area contributed by atoms with Gasteiger partial charge in [-0.05, 0) is 19.4 Å². The van der Waals surface area contributed by atoms with Crippen LogP contribution in [0, 0.1) is 13.8 Å². The molecule has 0 amide bonds. The summed E-state index contributed by atoms with van der Waals surface area (Å²) in [7, 11) is 0. The van der Waals surface area contributed by atoms with Gasteiger partial charge in [-0.1, -0.05) is 0 Å². The predicted octanol–water partition coefficient (Wildman–Crippen LogP) is 1.60. The lowest BCUT2D eigenvalue weighted by Crippen LogP contribution is -1.93. The van der Waals surface area contributed by atoms with Gasteiger partial charge in [0.1, 0.15) is 10.6 Å². The van der Waals surface area contributed by atoms with Crippen LogP contribution in [-0.4, -0.2) is 15.1 Å². The molecule has 0 aromatic carbocycles. The van der Waals surface area contributed by atoms with Gasteiger partial charge in [0.2, 0.25) is 0 Å². The van der Waals surface area contributed by atoms with Crippen LogP contribution in [0.15, 0.2) is 0 Å². The summed E-state index contributed by atoms with van der Waals surface area (Å²) in [6.07, 6.45) is 0. The number of anilines is 1. The zero-order valence-electron chi connectivity index (χ0n) is 7.33. The fraction of sp³-hybridized carbons (Fsp3) is 0.250. The van der Waals surface area contributed by atoms with Crippen LogP contribution in [0.25, 0.3) is 10.2 Å². The summed E-state index contributed by atoms with van der Waals surface area (Å²) in [5, 5.41) is 9.98. The maximum atomic E-state index is 9.12. The molecule has 68 valence electrons. The van der Waals surface area contributed by atoms with Crippen LogP contribution in [0.5, 0.6) is 6.01 Å². The molecule has 2 aromatic heterocycles. The number of nitrogens with zero attached hydrogens (tertiary/aromatic N) is 2. The van der Waals surface area contributed by atoms with Crippen LogP contribution < -0.4 is 5.73 Å². The standard InChI is InChI=1S/C8H9N3OS/c1-3-4(2)13-7-5(3)6(9)10-8(12)11-7/h1-2H3,(H3,9,10,11,12). The van der Waals surface area contributed by atoms with E-state index in [2.05, 4.69) is 9.97 Å². The molecule has 0 aliphatic rings. The number of thiophene rings is 1. The van der Waals surface area contributed by atoms with Gasteiger partial charge < -0.3 is 10.8 Å². The van der Waals surface area contributed by atoms with Gasteiger partial charge in [-0.25, -0.2) is 0 Å². The van der Waals surface area contributed by atoms with E-state index in [-0.39, 0.29) is 6.01 Å². The van der Waals surface area contributed by atoms with Gasteiger partial charge >= 0.3 is 6.01 Å². The zero-order valence-corrected chi connectivity index (χ0v) is 8.14. The van der Waals surface area contributed by atoms with Gasteiger partial charge in [-0.15, -0.1) is 11.3 Å². The van der Waals surface area contributed by atoms with Gasteiger partial charge in [0.25, 0.3) is 0 Å². The number of nitrogens with two attached hydrogens (primary N) is 1. The molecule has 0 saturated carbocycles. The molecule has 0 saturated heterocycles. The second-order valence-electron chi connectivity index (χ2n) is 2.87. The van der Waals surface area contributed by atoms with E-state index in [1.54, 1.807) is 0 Å². The van der Waals surface area contributed by atoms with Crippen LogP contribution in [0.4, 0.5) is 5.82 Å². The number of aromatic nitrogens is 2. The second kappa shape index (κ2) is 2.56.